The predicted octanol–water partition coefficient (Wildman–Crippen LogP) is 4.40. The standard InChI is InChI=1S/C22H18FN5O3/c1-13-3-5-15(6-4-13)12-27-21-18(11-24-27)17(9-14(2)25-21)22(29)26-16-7-8-19(23)20(10-16)28(30)31/h3-11H,12H2,1-2H3,(H,26,29). The molecule has 1 amide bonds. The monoisotopic (exact) mass is 419 g/mol. The number of pyridine rings is 1. The highest BCUT2D eigenvalue weighted by Crippen LogP contribution is 2.24. The summed E-state index contributed by atoms with van der Waals surface area (Å²) in [6.45, 7) is 4.27. The van der Waals surface area contributed by atoms with Crippen LogP contribution in [0.5, 0.6) is 0 Å². The van der Waals surface area contributed by atoms with Crippen molar-refractivity contribution in [1.82, 2.24) is 14.8 Å². The second-order valence-electron chi connectivity index (χ2n) is 7.21. The Morgan fingerprint density at radius 2 is 1.90 bits per heavy atom. The van der Waals surface area contributed by atoms with Gasteiger partial charge < -0.3 is 5.32 Å². The Hall–Kier alpha value is -4.14. The third kappa shape index (κ3) is 4.11. The number of aryl methyl sites for hydroxylation is 2. The van der Waals surface area contributed by atoms with Crippen molar-refractivity contribution in [2.45, 2.75) is 20.4 Å². The summed E-state index contributed by atoms with van der Waals surface area (Å²) in [5.41, 5.74) is 3.10. The molecule has 0 aliphatic rings. The third-order valence-corrected chi connectivity index (χ3v) is 4.84. The van der Waals surface area contributed by atoms with Gasteiger partial charge in [-0.05, 0) is 37.6 Å². The fourth-order valence-corrected chi connectivity index (χ4v) is 3.27. The van der Waals surface area contributed by atoms with Gasteiger partial charge in [0.1, 0.15) is 0 Å². The summed E-state index contributed by atoms with van der Waals surface area (Å²) in [5, 5.41) is 18.5. The maximum Gasteiger partial charge on any atom is 0.306 e. The highest BCUT2D eigenvalue weighted by molar-refractivity contribution is 6.12. The van der Waals surface area contributed by atoms with Gasteiger partial charge in [0, 0.05) is 17.4 Å². The number of nitrogens with zero attached hydrogens (tertiary/aromatic N) is 4. The van der Waals surface area contributed by atoms with Crippen LogP contribution in [0.2, 0.25) is 0 Å². The Labute approximate surface area is 176 Å². The number of anilines is 1. The van der Waals surface area contributed by atoms with E-state index < -0.39 is 22.3 Å². The van der Waals surface area contributed by atoms with Crippen molar-refractivity contribution in [3.05, 3.63) is 93.0 Å². The van der Waals surface area contributed by atoms with Crippen LogP contribution in [-0.4, -0.2) is 25.6 Å². The molecule has 0 aliphatic heterocycles. The average molecular weight is 419 g/mol. The minimum atomic E-state index is -0.970. The number of halogens is 1. The molecular weight excluding hydrogens is 401 g/mol. The molecule has 8 nitrogen and oxygen atoms in total. The molecule has 156 valence electrons. The van der Waals surface area contributed by atoms with Crippen LogP contribution in [0.1, 0.15) is 27.2 Å². The molecule has 0 aliphatic carbocycles. The smallest absolute Gasteiger partial charge is 0.306 e. The van der Waals surface area contributed by atoms with E-state index in [0.29, 0.717) is 28.8 Å². The SMILES string of the molecule is Cc1ccc(Cn2ncc3c(C(=O)Nc4ccc(F)c([N+](=O)[O-])c4)cc(C)nc32)cc1. The summed E-state index contributed by atoms with van der Waals surface area (Å²) < 4.78 is 15.3. The topological polar surface area (TPSA) is 103 Å². The van der Waals surface area contributed by atoms with Crippen LogP contribution in [0.15, 0.2) is 54.7 Å². The first kappa shape index (κ1) is 20.1. The van der Waals surface area contributed by atoms with E-state index in [4.69, 9.17) is 0 Å². The van der Waals surface area contributed by atoms with Crippen molar-refractivity contribution in [2.75, 3.05) is 5.32 Å². The zero-order chi connectivity index (χ0) is 22.1. The fraction of sp³-hybridized carbons (Fsp3) is 0.136. The Morgan fingerprint density at radius 1 is 1.16 bits per heavy atom. The predicted molar refractivity (Wildman–Crippen MR) is 114 cm³/mol. The van der Waals surface area contributed by atoms with Crippen LogP contribution in [-0.2, 0) is 6.54 Å². The van der Waals surface area contributed by atoms with Gasteiger partial charge in [0.15, 0.2) is 5.65 Å². The molecule has 0 radical (unpaired) electrons. The van der Waals surface area contributed by atoms with E-state index in [0.717, 1.165) is 23.3 Å². The quantitative estimate of drug-likeness (QED) is 0.382. The summed E-state index contributed by atoms with van der Waals surface area (Å²) in [4.78, 5) is 27.6. The number of nitro benzene ring substituents is 1. The number of benzene rings is 2. The molecule has 2 heterocycles. The highest BCUT2D eigenvalue weighted by Gasteiger charge is 2.19. The number of carbonyl (C=O) groups is 1. The highest BCUT2D eigenvalue weighted by atomic mass is 19.1. The number of fused-ring (bicyclic) bond motifs is 1. The van der Waals surface area contributed by atoms with Gasteiger partial charge in [-0.1, -0.05) is 29.8 Å². The largest absolute Gasteiger partial charge is 0.322 e. The van der Waals surface area contributed by atoms with Gasteiger partial charge in [-0.3, -0.25) is 14.9 Å². The number of carbonyl (C=O) groups excluding carboxylic acids is 1. The van der Waals surface area contributed by atoms with Crippen molar-refractivity contribution in [2.24, 2.45) is 0 Å². The lowest BCUT2D eigenvalue weighted by molar-refractivity contribution is -0.387. The van der Waals surface area contributed by atoms with Gasteiger partial charge in [-0.2, -0.15) is 9.49 Å². The van der Waals surface area contributed by atoms with Crippen LogP contribution in [0, 0.1) is 29.8 Å². The van der Waals surface area contributed by atoms with E-state index in [2.05, 4.69) is 15.4 Å². The number of amides is 1. The molecule has 4 aromatic rings. The van der Waals surface area contributed by atoms with Crippen molar-refractivity contribution in [1.29, 1.82) is 0 Å². The van der Waals surface area contributed by atoms with E-state index in [-0.39, 0.29) is 5.69 Å². The van der Waals surface area contributed by atoms with E-state index in [1.807, 2.05) is 31.2 Å². The second kappa shape index (κ2) is 7.94. The van der Waals surface area contributed by atoms with Gasteiger partial charge in [0.25, 0.3) is 5.91 Å². The molecular formula is C22H18FN5O3. The number of nitro groups is 1. The molecule has 1 N–H and O–H groups in total. The average Bonchev–Trinajstić information content (AvgIpc) is 3.12. The van der Waals surface area contributed by atoms with Gasteiger partial charge in [-0.15, -0.1) is 0 Å². The Morgan fingerprint density at radius 3 is 2.61 bits per heavy atom. The van der Waals surface area contributed by atoms with E-state index in [9.17, 15) is 19.3 Å². The number of aromatic nitrogens is 3. The van der Waals surface area contributed by atoms with Crippen molar-refractivity contribution >= 4 is 28.3 Å². The molecule has 0 spiro atoms. The van der Waals surface area contributed by atoms with Crippen molar-refractivity contribution in [3.63, 3.8) is 0 Å². The maximum absolute atomic E-state index is 13.6. The number of nitrogens with one attached hydrogen (secondary N) is 1. The third-order valence-electron chi connectivity index (χ3n) is 4.84. The van der Waals surface area contributed by atoms with Crippen LogP contribution in [0.4, 0.5) is 15.8 Å². The van der Waals surface area contributed by atoms with E-state index >= 15 is 0 Å². The summed E-state index contributed by atoms with van der Waals surface area (Å²) in [6.07, 6.45) is 1.57. The molecule has 9 heteroatoms. The van der Waals surface area contributed by atoms with Crippen LogP contribution in [0.3, 0.4) is 0 Å². The van der Waals surface area contributed by atoms with Crippen LogP contribution in [0.25, 0.3) is 11.0 Å². The molecule has 0 atom stereocenters. The summed E-state index contributed by atoms with van der Waals surface area (Å²) >= 11 is 0. The lowest BCUT2D eigenvalue weighted by Crippen LogP contribution is -2.13. The Bertz CT molecular complexity index is 1310. The first-order valence-corrected chi connectivity index (χ1v) is 9.46. The van der Waals surface area contributed by atoms with E-state index in [1.54, 1.807) is 23.9 Å². The van der Waals surface area contributed by atoms with Crippen molar-refractivity contribution in [3.8, 4) is 0 Å². The minimum Gasteiger partial charge on any atom is -0.322 e. The number of hydrogen-bond donors (Lipinski definition) is 1. The molecule has 0 bridgehead atoms. The van der Waals surface area contributed by atoms with Gasteiger partial charge in [0.2, 0.25) is 5.82 Å². The molecule has 0 saturated heterocycles. The van der Waals surface area contributed by atoms with Crippen molar-refractivity contribution < 1.29 is 14.1 Å². The molecule has 4 rings (SSSR count). The summed E-state index contributed by atoms with van der Waals surface area (Å²) in [6, 6.07) is 12.9. The zero-order valence-electron chi connectivity index (χ0n) is 16.8. The minimum absolute atomic E-state index is 0.118. The summed E-state index contributed by atoms with van der Waals surface area (Å²) in [7, 11) is 0. The second-order valence-corrected chi connectivity index (χ2v) is 7.21. The first-order valence-electron chi connectivity index (χ1n) is 9.46. The molecule has 0 fully saturated rings. The fourth-order valence-electron chi connectivity index (χ4n) is 3.27. The first-order chi connectivity index (χ1) is 14.8. The molecule has 2 aromatic heterocycles. The van der Waals surface area contributed by atoms with Gasteiger partial charge >= 0.3 is 5.69 Å². The molecule has 2 aromatic carbocycles. The van der Waals surface area contributed by atoms with Gasteiger partial charge in [-0.25, -0.2) is 9.67 Å². The molecule has 0 unspecified atom stereocenters. The summed E-state index contributed by atoms with van der Waals surface area (Å²) in [5.74, 6) is -1.46. The molecule has 31 heavy (non-hydrogen) atoms. The zero-order valence-corrected chi connectivity index (χ0v) is 16.8. The Balaban J connectivity index is 1.67. The number of hydrogen-bond acceptors (Lipinski definition) is 5. The van der Waals surface area contributed by atoms with Crippen LogP contribution < -0.4 is 5.32 Å². The lowest BCUT2D eigenvalue weighted by Gasteiger charge is -2.09. The van der Waals surface area contributed by atoms with E-state index in [1.165, 1.54) is 6.07 Å². The normalized spacial score (nSPS) is 10.9. The van der Waals surface area contributed by atoms with Gasteiger partial charge in [0.05, 0.1) is 28.6 Å². The lowest BCUT2D eigenvalue weighted by atomic mass is 10.1. The molecule has 0 saturated carbocycles. The van der Waals surface area contributed by atoms with Crippen LogP contribution >= 0.6 is 0 Å². The Kier molecular flexibility index (Phi) is 5.16. The number of rotatable bonds is 5. The maximum atomic E-state index is 13.6.